The Hall–Kier alpha value is -2.04. The Morgan fingerprint density at radius 2 is 2.05 bits per heavy atom. The fraction of sp³-hybridized carbons (Fsp3) is 0.286. The molecule has 6 heteroatoms. The van der Waals surface area contributed by atoms with E-state index in [1.54, 1.807) is 25.1 Å². The van der Waals surface area contributed by atoms with Gasteiger partial charge in [0.15, 0.2) is 0 Å². The number of amides is 1. The van der Waals surface area contributed by atoms with Crippen molar-refractivity contribution in [1.29, 1.82) is 0 Å². The van der Waals surface area contributed by atoms with Crippen LogP contribution in [-0.4, -0.2) is 21.1 Å². The average molecular weight is 295 g/mol. The molecule has 0 aliphatic heterocycles. The lowest BCUT2D eigenvalue weighted by atomic mass is 10.2. The molecule has 0 spiro atoms. The first kappa shape index (κ1) is 16.0. The molecule has 108 valence electrons. The molecule has 1 atom stereocenters. The standard InChI is InChI=1S/C14H17NO4S/c1-4-5-12(3)10-19-14(16)15-20(17,18)13-8-6-11(2)7-9-13/h5-9,12H,1,10H2,2-3H3,(H,15,16). The molecular formula is C14H17NO4S. The van der Waals surface area contributed by atoms with Crippen molar-refractivity contribution in [3.8, 4) is 0 Å². The van der Waals surface area contributed by atoms with Crippen molar-refractivity contribution < 1.29 is 17.9 Å². The Morgan fingerprint density at radius 1 is 1.45 bits per heavy atom. The predicted octanol–water partition coefficient (Wildman–Crippen LogP) is 2.39. The summed E-state index contributed by atoms with van der Waals surface area (Å²) < 4.78 is 30.4. The van der Waals surface area contributed by atoms with E-state index in [-0.39, 0.29) is 17.4 Å². The summed E-state index contributed by atoms with van der Waals surface area (Å²) in [5.74, 6) is -0.0830. The van der Waals surface area contributed by atoms with E-state index in [9.17, 15) is 13.2 Å². The van der Waals surface area contributed by atoms with Crippen molar-refractivity contribution in [1.82, 2.24) is 4.72 Å². The second-order valence-corrected chi connectivity index (χ2v) is 6.05. The van der Waals surface area contributed by atoms with Crippen molar-refractivity contribution >= 4 is 16.1 Å². The number of rotatable bonds is 5. The van der Waals surface area contributed by atoms with E-state index in [4.69, 9.17) is 4.74 Å². The summed E-state index contributed by atoms with van der Waals surface area (Å²) in [6.07, 6.45) is 0.622. The van der Waals surface area contributed by atoms with Crippen LogP contribution in [0, 0.1) is 12.8 Å². The van der Waals surface area contributed by atoms with E-state index < -0.39 is 16.1 Å². The molecule has 0 saturated heterocycles. The van der Waals surface area contributed by atoms with Crippen LogP contribution in [0.2, 0.25) is 0 Å². The maximum atomic E-state index is 11.9. The van der Waals surface area contributed by atoms with Crippen molar-refractivity contribution in [3.63, 3.8) is 0 Å². The third kappa shape index (κ3) is 4.91. The van der Waals surface area contributed by atoms with Gasteiger partial charge in [0.2, 0.25) is 0 Å². The summed E-state index contributed by atoms with van der Waals surface area (Å²) in [7, 11) is -3.90. The minimum absolute atomic E-state index is 0.0130. The second-order valence-electron chi connectivity index (χ2n) is 4.37. The Morgan fingerprint density at radius 3 is 2.60 bits per heavy atom. The van der Waals surface area contributed by atoms with Gasteiger partial charge in [-0.2, -0.15) is 0 Å². The number of carbonyl (C=O) groups is 1. The number of sulfonamides is 1. The van der Waals surface area contributed by atoms with E-state index in [0.717, 1.165) is 5.56 Å². The van der Waals surface area contributed by atoms with Crippen LogP contribution in [-0.2, 0) is 14.8 Å². The number of hydrogen-bond donors (Lipinski definition) is 1. The quantitative estimate of drug-likeness (QED) is 0.847. The number of carbonyl (C=O) groups excluding carboxylic acids is 1. The van der Waals surface area contributed by atoms with E-state index >= 15 is 0 Å². The third-order valence-corrected chi connectivity index (χ3v) is 3.76. The molecule has 0 fully saturated rings. The molecule has 0 aliphatic carbocycles. The highest BCUT2D eigenvalue weighted by molar-refractivity contribution is 7.90. The van der Waals surface area contributed by atoms with Gasteiger partial charge in [0.1, 0.15) is 0 Å². The zero-order chi connectivity index (χ0) is 15.2. The molecule has 0 saturated carbocycles. The van der Waals surface area contributed by atoms with Gasteiger partial charge in [0.25, 0.3) is 10.0 Å². The highest BCUT2D eigenvalue weighted by Crippen LogP contribution is 2.10. The molecular weight excluding hydrogens is 278 g/mol. The fourth-order valence-corrected chi connectivity index (χ4v) is 2.26. The van der Waals surface area contributed by atoms with Crippen molar-refractivity contribution in [2.75, 3.05) is 6.61 Å². The first-order valence-corrected chi connectivity index (χ1v) is 7.45. The normalized spacial score (nSPS) is 12.1. The lowest BCUT2D eigenvalue weighted by molar-refractivity contribution is 0.143. The van der Waals surface area contributed by atoms with Crippen LogP contribution >= 0.6 is 0 Å². The first-order chi connectivity index (χ1) is 9.35. The predicted molar refractivity (Wildman–Crippen MR) is 75.7 cm³/mol. The van der Waals surface area contributed by atoms with Gasteiger partial charge in [-0.1, -0.05) is 31.2 Å². The molecule has 1 rings (SSSR count). The summed E-state index contributed by atoms with van der Waals surface area (Å²) in [6.45, 7) is 7.09. The van der Waals surface area contributed by atoms with E-state index in [0.29, 0.717) is 0 Å². The smallest absolute Gasteiger partial charge is 0.421 e. The molecule has 0 radical (unpaired) electrons. The van der Waals surface area contributed by atoms with Gasteiger partial charge >= 0.3 is 6.09 Å². The minimum Gasteiger partial charge on any atom is -0.448 e. The lowest BCUT2D eigenvalue weighted by Crippen LogP contribution is -2.32. The van der Waals surface area contributed by atoms with Crippen LogP contribution < -0.4 is 4.72 Å². The Bertz CT molecular complexity index is 613. The summed E-state index contributed by atoms with van der Waals surface area (Å²) >= 11 is 0. The molecule has 1 unspecified atom stereocenters. The zero-order valence-corrected chi connectivity index (χ0v) is 12.2. The molecule has 20 heavy (non-hydrogen) atoms. The largest absolute Gasteiger partial charge is 0.448 e. The van der Waals surface area contributed by atoms with Crippen LogP contribution in [0.25, 0.3) is 0 Å². The molecule has 1 aromatic carbocycles. The Balaban J connectivity index is 2.64. The molecule has 0 bridgehead atoms. The van der Waals surface area contributed by atoms with Gasteiger partial charge in [0.05, 0.1) is 11.5 Å². The summed E-state index contributed by atoms with van der Waals surface area (Å²) in [4.78, 5) is 11.5. The van der Waals surface area contributed by atoms with Crippen molar-refractivity contribution in [2.45, 2.75) is 18.7 Å². The van der Waals surface area contributed by atoms with Gasteiger partial charge in [-0.05, 0) is 25.1 Å². The molecule has 0 aliphatic rings. The lowest BCUT2D eigenvalue weighted by Gasteiger charge is -2.09. The average Bonchev–Trinajstić information content (AvgIpc) is 2.37. The van der Waals surface area contributed by atoms with Crippen LogP contribution in [0.4, 0.5) is 4.79 Å². The molecule has 1 amide bonds. The van der Waals surface area contributed by atoms with Gasteiger partial charge in [-0.15, -0.1) is 5.73 Å². The number of hydrogen-bond acceptors (Lipinski definition) is 4. The number of ether oxygens (including phenoxy) is 1. The summed E-state index contributed by atoms with van der Waals surface area (Å²) in [5.41, 5.74) is 3.49. The SMILES string of the molecule is C=C=CC(C)COC(=O)NS(=O)(=O)c1ccc(C)cc1. The minimum atomic E-state index is -3.90. The summed E-state index contributed by atoms with van der Waals surface area (Å²) in [5, 5.41) is 0. The van der Waals surface area contributed by atoms with Gasteiger partial charge in [-0.3, -0.25) is 0 Å². The topological polar surface area (TPSA) is 72.5 Å². The second kappa shape index (κ2) is 6.93. The highest BCUT2D eigenvalue weighted by atomic mass is 32.2. The monoisotopic (exact) mass is 295 g/mol. The zero-order valence-electron chi connectivity index (χ0n) is 11.4. The molecule has 1 aromatic rings. The van der Waals surface area contributed by atoms with Crippen LogP contribution in [0.3, 0.4) is 0 Å². The molecule has 0 aromatic heterocycles. The Kier molecular flexibility index (Phi) is 5.55. The van der Waals surface area contributed by atoms with Gasteiger partial charge < -0.3 is 4.74 Å². The maximum absolute atomic E-state index is 11.9. The highest BCUT2D eigenvalue weighted by Gasteiger charge is 2.18. The number of nitrogens with one attached hydrogen (secondary N) is 1. The molecule has 5 nitrogen and oxygen atoms in total. The van der Waals surface area contributed by atoms with Crippen LogP contribution in [0.5, 0.6) is 0 Å². The van der Waals surface area contributed by atoms with E-state index in [1.807, 2.05) is 11.6 Å². The molecule has 0 heterocycles. The molecule has 1 N–H and O–H groups in total. The number of aryl methyl sites for hydroxylation is 1. The third-order valence-electron chi connectivity index (χ3n) is 2.43. The van der Waals surface area contributed by atoms with Gasteiger partial charge in [0, 0.05) is 5.92 Å². The fourth-order valence-electron chi connectivity index (χ4n) is 1.37. The van der Waals surface area contributed by atoms with Crippen LogP contribution in [0.15, 0.2) is 47.5 Å². The maximum Gasteiger partial charge on any atom is 0.421 e. The van der Waals surface area contributed by atoms with E-state index in [2.05, 4.69) is 12.3 Å². The van der Waals surface area contributed by atoms with Gasteiger partial charge in [-0.25, -0.2) is 17.9 Å². The van der Waals surface area contributed by atoms with E-state index in [1.165, 1.54) is 12.1 Å². The Labute approximate surface area is 119 Å². The van der Waals surface area contributed by atoms with Crippen molar-refractivity contribution in [2.24, 2.45) is 5.92 Å². The van der Waals surface area contributed by atoms with Crippen molar-refractivity contribution in [3.05, 3.63) is 48.2 Å². The first-order valence-electron chi connectivity index (χ1n) is 5.97. The van der Waals surface area contributed by atoms with Crippen LogP contribution in [0.1, 0.15) is 12.5 Å². The number of benzene rings is 1. The summed E-state index contributed by atoms with van der Waals surface area (Å²) in [6, 6.07) is 6.15.